The first-order chi connectivity index (χ1) is 14.1. The van der Waals surface area contributed by atoms with E-state index >= 15 is 0 Å². The summed E-state index contributed by atoms with van der Waals surface area (Å²) in [5.41, 5.74) is 3.23. The predicted molar refractivity (Wildman–Crippen MR) is 118 cm³/mol. The Hall–Kier alpha value is -2.62. The SMILES string of the molecule is CCC(O)(CC)CC(Oc1cccc(-c2ccccc2)c1)c1cccc(CO)c1. The molecule has 0 radical (unpaired) electrons. The van der Waals surface area contributed by atoms with Gasteiger partial charge in [-0.3, -0.25) is 0 Å². The fourth-order valence-corrected chi connectivity index (χ4v) is 3.55. The Morgan fingerprint density at radius 3 is 2.21 bits per heavy atom. The van der Waals surface area contributed by atoms with Gasteiger partial charge in [0, 0.05) is 6.42 Å². The number of aliphatic hydroxyl groups is 2. The molecular weight excluding hydrogens is 360 g/mol. The molecule has 29 heavy (non-hydrogen) atoms. The zero-order chi connectivity index (χ0) is 20.7. The fourth-order valence-electron chi connectivity index (χ4n) is 3.55. The third-order valence-electron chi connectivity index (χ3n) is 5.61. The van der Waals surface area contributed by atoms with Gasteiger partial charge in [-0.1, -0.05) is 74.5 Å². The van der Waals surface area contributed by atoms with Crippen molar-refractivity contribution in [2.45, 2.75) is 51.4 Å². The van der Waals surface area contributed by atoms with Crippen LogP contribution in [-0.2, 0) is 6.61 Å². The molecular formula is C26H30O3. The molecule has 1 unspecified atom stereocenters. The summed E-state index contributed by atoms with van der Waals surface area (Å²) >= 11 is 0. The molecule has 0 heterocycles. The van der Waals surface area contributed by atoms with Crippen molar-refractivity contribution in [3.05, 3.63) is 90.0 Å². The highest BCUT2D eigenvalue weighted by atomic mass is 16.5. The van der Waals surface area contributed by atoms with E-state index in [1.165, 1.54) is 0 Å². The molecule has 0 aromatic heterocycles. The lowest BCUT2D eigenvalue weighted by atomic mass is 9.88. The molecule has 3 aromatic rings. The molecule has 0 amide bonds. The first-order valence-electron chi connectivity index (χ1n) is 10.3. The molecule has 3 nitrogen and oxygen atoms in total. The number of ether oxygens (including phenoxy) is 1. The molecule has 0 saturated heterocycles. The van der Waals surface area contributed by atoms with E-state index in [0.29, 0.717) is 19.3 Å². The molecule has 0 bridgehead atoms. The topological polar surface area (TPSA) is 49.7 Å². The fraction of sp³-hybridized carbons (Fsp3) is 0.308. The van der Waals surface area contributed by atoms with Crippen LogP contribution in [0.5, 0.6) is 5.75 Å². The van der Waals surface area contributed by atoms with E-state index < -0.39 is 5.60 Å². The van der Waals surface area contributed by atoms with E-state index in [-0.39, 0.29) is 12.7 Å². The third-order valence-corrected chi connectivity index (χ3v) is 5.61. The van der Waals surface area contributed by atoms with Crippen molar-refractivity contribution >= 4 is 0 Å². The Bertz CT molecular complexity index is 901. The minimum absolute atomic E-state index is 0.0180. The number of hydrogen-bond acceptors (Lipinski definition) is 3. The average Bonchev–Trinajstić information content (AvgIpc) is 2.79. The lowest BCUT2D eigenvalue weighted by Crippen LogP contribution is -2.31. The van der Waals surface area contributed by atoms with Gasteiger partial charge in [-0.05, 0) is 53.3 Å². The number of hydrogen-bond donors (Lipinski definition) is 2. The van der Waals surface area contributed by atoms with Crippen LogP contribution in [0.15, 0.2) is 78.9 Å². The van der Waals surface area contributed by atoms with Crippen LogP contribution in [0.4, 0.5) is 0 Å². The summed E-state index contributed by atoms with van der Waals surface area (Å²) in [7, 11) is 0. The van der Waals surface area contributed by atoms with Crippen LogP contribution in [0.25, 0.3) is 11.1 Å². The Labute approximate surface area is 173 Å². The van der Waals surface area contributed by atoms with Gasteiger partial charge < -0.3 is 14.9 Å². The standard InChI is InChI=1S/C26H30O3/c1-3-26(28,4-2)18-25(23-14-8-10-20(16-23)19-27)29-24-15-9-13-22(17-24)21-11-6-5-7-12-21/h5-17,25,27-28H,3-4,18-19H2,1-2H3. The van der Waals surface area contributed by atoms with Crippen LogP contribution < -0.4 is 4.74 Å². The summed E-state index contributed by atoms with van der Waals surface area (Å²) in [6.07, 6.45) is 1.50. The Kier molecular flexibility index (Phi) is 7.08. The molecule has 0 aliphatic carbocycles. The Balaban J connectivity index is 1.92. The van der Waals surface area contributed by atoms with Gasteiger partial charge >= 0.3 is 0 Å². The van der Waals surface area contributed by atoms with Gasteiger partial charge in [-0.15, -0.1) is 0 Å². The zero-order valence-corrected chi connectivity index (χ0v) is 17.2. The third kappa shape index (κ3) is 5.47. The molecule has 0 aliphatic heterocycles. The maximum atomic E-state index is 11.0. The van der Waals surface area contributed by atoms with Gasteiger partial charge in [-0.25, -0.2) is 0 Å². The minimum Gasteiger partial charge on any atom is -0.486 e. The molecule has 3 aromatic carbocycles. The van der Waals surface area contributed by atoms with Crippen LogP contribution in [0, 0.1) is 0 Å². The largest absolute Gasteiger partial charge is 0.486 e. The Morgan fingerprint density at radius 2 is 1.52 bits per heavy atom. The highest BCUT2D eigenvalue weighted by molar-refractivity contribution is 5.64. The van der Waals surface area contributed by atoms with Gasteiger partial charge in [0.25, 0.3) is 0 Å². The smallest absolute Gasteiger partial charge is 0.126 e. The second-order valence-corrected chi connectivity index (χ2v) is 7.54. The number of rotatable bonds is 9. The highest BCUT2D eigenvalue weighted by Crippen LogP contribution is 2.34. The summed E-state index contributed by atoms with van der Waals surface area (Å²) in [6, 6.07) is 26.0. The van der Waals surface area contributed by atoms with Crippen LogP contribution in [0.3, 0.4) is 0 Å². The minimum atomic E-state index is -0.795. The van der Waals surface area contributed by atoms with Gasteiger partial charge in [-0.2, -0.15) is 0 Å². The first-order valence-corrected chi connectivity index (χ1v) is 10.3. The number of benzene rings is 3. The van der Waals surface area contributed by atoms with Gasteiger partial charge in [0.05, 0.1) is 12.2 Å². The van der Waals surface area contributed by atoms with E-state index in [1.54, 1.807) is 0 Å². The van der Waals surface area contributed by atoms with Crippen molar-refractivity contribution in [1.82, 2.24) is 0 Å². The van der Waals surface area contributed by atoms with Gasteiger partial charge in [0.1, 0.15) is 11.9 Å². The summed E-state index contributed by atoms with van der Waals surface area (Å²) in [5.74, 6) is 0.764. The van der Waals surface area contributed by atoms with Crippen molar-refractivity contribution in [2.75, 3.05) is 0 Å². The van der Waals surface area contributed by atoms with E-state index in [1.807, 2.05) is 74.5 Å². The van der Waals surface area contributed by atoms with Crippen molar-refractivity contribution in [2.24, 2.45) is 0 Å². The quantitative estimate of drug-likeness (QED) is 0.478. The molecule has 0 spiro atoms. The maximum absolute atomic E-state index is 11.0. The summed E-state index contributed by atoms with van der Waals surface area (Å²) in [4.78, 5) is 0. The van der Waals surface area contributed by atoms with E-state index in [0.717, 1.165) is 28.0 Å². The predicted octanol–water partition coefficient (Wildman–Crippen LogP) is 5.91. The molecule has 3 heteroatoms. The summed E-state index contributed by atoms with van der Waals surface area (Å²) in [5, 5.41) is 20.5. The van der Waals surface area contributed by atoms with Gasteiger partial charge in [0.15, 0.2) is 0 Å². The lowest BCUT2D eigenvalue weighted by Gasteiger charge is -2.31. The van der Waals surface area contributed by atoms with Crippen LogP contribution in [-0.4, -0.2) is 15.8 Å². The molecule has 2 N–H and O–H groups in total. The molecule has 0 aliphatic rings. The van der Waals surface area contributed by atoms with Gasteiger partial charge in [0.2, 0.25) is 0 Å². The van der Waals surface area contributed by atoms with Crippen LogP contribution >= 0.6 is 0 Å². The van der Waals surface area contributed by atoms with Crippen LogP contribution in [0.2, 0.25) is 0 Å². The first kappa shape index (κ1) is 21.1. The monoisotopic (exact) mass is 390 g/mol. The average molecular weight is 391 g/mol. The molecule has 0 fully saturated rings. The normalized spacial score (nSPS) is 12.6. The van der Waals surface area contributed by atoms with Crippen molar-refractivity contribution in [1.29, 1.82) is 0 Å². The molecule has 1 atom stereocenters. The number of aliphatic hydroxyl groups excluding tert-OH is 1. The molecule has 3 rings (SSSR count). The zero-order valence-electron chi connectivity index (χ0n) is 17.2. The highest BCUT2D eigenvalue weighted by Gasteiger charge is 2.29. The summed E-state index contributed by atoms with van der Waals surface area (Å²) < 4.78 is 6.42. The van der Waals surface area contributed by atoms with E-state index in [4.69, 9.17) is 4.74 Å². The van der Waals surface area contributed by atoms with Crippen molar-refractivity contribution in [3.8, 4) is 16.9 Å². The van der Waals surface area contributed by atoms with Crippen LogP contribution in [0.1, 0.15) is 50.3 Å². The van der Waals surface area contributed by atoms with E-state index in [2.05, 4.69) is 18.2 Å². The van der Waals surface area contributed by atoms with Crippen molar-refractivity contribution < 1.29 is 14.9 Å². The summed E-state index contributed by atoms with van der Waals surface area (Å²) in [6.45, 7) is 3.98. The second-order valence-electron chi connectivity index (χ2n) is 7.54. The molecule has 0 saturated carbocycles. The maximum Gasteiger partial charge on any atom is 0.126 e. The Morgan fingerprint density at radius 1 is 0.828 bits per heavy atom. The molecule has 152 valence electrons. The van der Waals surface area contributed by atoms with Crippen molar-refractivity contribution in [3.63, 3.8) is 0 Å². The van der Waals surface area contributed by atoms with E-state index in [9.17, 15) is 10.2 Å². The lowest BCUT2D eigenvalue weighted by molar-refractivity contribution is -0.0111. The second kappa shape index (κ2) is 9.73.